The number of benzene rings is 1. The molecular weight excluding hydrogens is 421 g/mol. The van der Waals surface area contributed by atoms with Gasteiger partial charge in [0, 0.05) is 5.56 Å². The van der Waals surface area contributed by atoms with Crippen molar-refractivity contribution < 1.29 is 42.2 Å². The van der Waals surface area contributed by atoms with Gasteiger partial charge in [0.25, 0.3) is 0 Å². The summed E-state index contributed by atoms with van der Waals surface area (Å²) in [6.07, 6.45) is 0. The molecule has 0 aliphatic heterocycles. The highest BCUT2D eigenvalue weighted by atomic mass is 19.1. The molecule has 0 bridgehead atoms. The lowest BCUT2D eigenvalue weighted by atomic mass is 10.0. The Labute approximate surface area is 188 Å². The molecule has 1 unspecified atom stereocenters. The average molecular weight is 455 g/mol. The summed E-state index contributed by atoms with van der Waals surface area (Å²) < 4.78 is 35.4. The van der Waals surface area contributed by atoms with E-state index in [0.717, 1.165) is 13.2 Å². The maximum atomic E-state index is 14.4. The number of hydrogen-bond donors (Lipinski definition) is 0. The third-order valence-electron chi connectivity index (χ3n) is 4.20. The van der Waals surface area contributed by atoms with E-state index in [1.54, 1.807) is 41.9 Å². The Hall–Kier alpha value is -2.78. The zero-order valence-corrected chi connectivity index (χ0v) is 20.0. The second-order valence-electron chi connectivity index (χ2n) is 9.35. The van der Waals surface area contributed by atoms with E-state index in [9.17, 15) is 18.8 Å². The van der Waals surface area contributed by atoms with Crippen LogP contribution in [0.4, 0.5) is 4.39 Å². The minimum atomic E-state index is -2.13. The maximum absolute atomic E-state index is 14.4. The van der Waals surface area contributed by atoms with E-state index < -0.39 is 41.5 Å². The minimum absolute atomic E-state index is 0.0129. The highest BCUT2D eigenvalue weighted by Crippen LogP contribution is 2.26. The third-order valence-corrected chi connectivity index (χ3v) is 4.20. The van der Waals surface area contributed by atoms with Gasteiger partial charge in [0.15, 0.2) is 0 Å². The van der Waals surface area contributed by atoms with Crippen LogP contribution in [0.15, 0.2) is 24.8 Å². The van der Waals surface area contributed by atoms with Gasteiger partial charge in [-0.3, -0.25) is 0 Å². The summed E-state index contributed by atoms with van der Waals surface area (Å²) in [6.45, 7) is 8.25. The quantitative estimate of drug-likeness (QED) is 0.245. The number of halogens is 1. The molecule has 0 aliphatic rings. The summed E-state index contributed by atoms with van der Waals surface area (Å²) in [4.78, 5) is 37.7. The molecule has 1 rings (SSSR count). The summed E-state index contributed by atoms with van der Waals surface area (Å²) in [5.41, 5.74) is -2.82. The molecule has 0 saturated heterocycles. The summed E-state index contributed by atoms with van der Waals surface area (Å²) in [5, 5.41) is 0. The molecule has 0 heterocycles. The minimum Gasteiger partial charge on any atom is -0.466 e. The van der Waals surface area contributed by atoms with Gasteiger partial charge < -0.3 is 23.4 Å². The number of ether oxygens (including phenoxy) is 4. The normalized spacial score (nSPS) is 13.7. The van der Waals surface area contributed by atoms with Gasteiger partial charge in [-0.05, 0) is 44.5 Å². The molecule has 1 aromatic rings. The van der Waals surface area contributed by atoms with Crippen molar-refractivity contribution in [3.05, 3.63) is 41.7 Å². The monoisotopic (exact) mass is 454 g/mol. The lowest BCUT2D eigenvalue weighted by Gasteiger charge is -2.36. The Bertz CT molecular complexity index is 883. The molecule has 0 aromatic heterocycles. The van der Waals surface area contributed by atoms with Crippen molar-refractivity contribution in [2.75, 3.05) is 48.5 Å². The van der Waals surface area contributed by atoms with Gasteiger partial charge in [-0.1, -0.05) is 6.58 Å². The van der Waals surface area contributed by atoms with Crippen LogP contribution >= 0.6 is 0 Å². The maximum Gasteiger partial charge on any atom is 0.357 e. The average Bonchev–Trinajstić information content (AvgIpc) is 2.67. The molecule has 0 aliphatic carbocycles. The molecule has 0 radical (unpaired) electrons. The van der Waals surface area contributed by atoms with Gasteiger partial charge in [-0.15, -0.1) is 0 Å². The molecule has 8 nitrogen and oxygen atoms in total. The molecule has 1 aromatic carbocycles. The Morgan fingerprint density at radius 2 is 1.62 bits per heavy atom. The first-order valence-electron chi connectivity index (χ1n) is 9.88. The smallest absolute Gasteiger partial charge is 0.357 e. The topological polar surface area (TPSA) is 88.1 Å². The zero-order chi connectivity index (χ0) is 24.9. The highest BCUT2D eigenvalue weighted by molar-refractivity contribution is 6.04. The van der Waals surface area contributed by atoms with Crippen molar-refractivity contribution in [1.29, 1.82) is 0 Å². The van der Waals surface area contributed by atoms with E-state index in [0.29, 0.717) is 0 Å². The van der Waals surface area contributed by atoms with Crippen molar-refractivity contribution in [3.63, 3.8) is 0 Å². The van der Waals surface area contributed by atoms with Crippen molar-refractivity contribution >= 4 is 23.5 Å². The van der Waals surface area contributed by atoms with Crippen molar-refractivity contribution in [2.24, 2.45) is 0 Å². The van der Waals surface area contributed by atoms with Crippen molar-refractivity contribution in [3.8, 4) is 0 Å². The van der Waals surface area contributed by atoms with Crippen LogP contribution in [0.2, 0.25) is 0 Å². The van der Waals surface area contributed by atoms with E-state index in [1.807, 2.05) is 0 Å². The molecule has 0 spiro atoms. The van der Waals surface area contributed by atoms with Crippen LogP contribution in [-0.4, -0.2) is 82.1 Å². The van der Waals surface area contributed by atoms with Crippen LogP contribution in [0.5, 0.6) is 0 Å². The molecule has 0 fully saturated rings. The van der Waals surface area contributed by atoms with Crippen LogP contribution in [-0.2, 0) is 28.5 Å². The lowest BCUT2D eigenvalue weighted by Crippen LogP contribution is -2.62. The fourth-order valence-electron chi connectivity index (χ4n) is 2.90. The van der Waals surface area contributed by atoms with Crippen LogP contribution in [0.1, 0.15) is 36.7 Å². The Balaban J connectivity index is 3.36. The van der Waals surface area contributed by atoms with Gasteiger partial charge in [-0.25, -0.2) is 18.8 Å². The summed E-state index contributed by atoms with van der Waals surface area (Å²) >= 11 is 0. The van der Waals surface area contributed by atoms with Crippen molar-refractivity contribution in [2.45, 2.75) is 32.0 Å². The number of likely N-dealkylation sites (N-methyl/N-ethyl adjacent to an activating group) is 1. The van der Waals surface area contributed by atoms with Gasteiger partial charge in [0.1, 0.15) is 18.0 Å². The molecule has 0 amide bonds. The number of carbonyl (C=O) groups is 3. The second kappa shape index (κ2) is 10.2. The van der Waals surface area contributed by atoms with Gasteiger partial charge >= 0.3 is 23.5 Å². The Morgan fingerprint density at radius 1 is 1.03 bits per heavy atom. The molecule has 0 saturated carbocycles. The summed E-state index contributed by atoms with van der Waals surface area (Å²) in [5.74, 6) is -3.18. The van der Waals surface area contributed by atoms with Crippen LogP contribution in [0, 0.1) is 5.82 Å². The third kappa shape index (κ3) is 7.13. The Morgan fingerprint density at radius 3 is 2.09 bits per heavy atom. The van der Waals surface area contributed by atoms with Crippen LogP contribution in [0.3, 0.4) is 0 Å². The molecule has 178 valence electrons. The van der Waals surface area contributed by atoms with E-state index in [-0.39, 0.29) is 27.7 Å². The standard InChI is InChI=1S/C23H33FNO7/c1-15(17-12-16(19(26)29-8)10-11-18(17)24)13-31-23(20(27)30-9,14-25(5,6)7)21(28)32-22(2,3)4/h10-12H,1,13-14H2,2-9H3/q+1. The molecule has 9 heteroatoms. The molecule has 1 atom stereocenters. The first-order chi connectivity index (χ1) is 14.6. The van der Waals surface area contributed by atoms with Crippen molar-refractivity contribution in [1.82, 2.24) is 0 Å². The second-order valence-corrected chi connectivity index (χ2v) is 9.35. The van der Waals surface area contributed by atoms with E-state index in [2.05, 4.69) is 11.3 Å². The first-order valence-corrected chi connectivity index (χ1v) is 9.88. The van der Waals surface area contributed by atoms with E-state index >= 15 is 0 Å². The largest absolute Gasteiger partial charge is 0.466 e. The predicted octanol–water partition coefficient (Wildman–Crippen LogP) is 2.60. The fourth-order valence-corrected chi connectivity index (χ4v) is 2.90. The SMILES string of the molecule is C=C(COC(C[N+](C)(C)C)(C(=O)OC)C(=O)OC(C)(C)C)c1cc(C(=O)OC)ccc1F. The predicted molar refractivity (Wildman–Crippen MR) is 116 cm³/mol. The number of hydrogen-bond acceptors (Lipinski definition) is 7. The number of quaternary nitrogens is 1. The number of rotatable bonds is 9. The van der Waals surface area contributed by atoms with E-state index in [1.165, 1.54) is 19.2 Å². The fraction of sp³-hybridized carbons (Fsp3) is 0.522. The van der Waals surface area contributed by atoms with Crippen LogP contribution in [0.25, 0.3) is 5.57 Å². The van der Waals surface area contributed by atoms with E-state index in [4.69, 9.17) is 14.2 Å². The summed E-state index contributed by atoms with van der Waals surface area (Å²) in [6, 6.07) is 3.63. The molecular formula is C23H33FNO7+. The zero-order valence-electron chi connectivity index (χ0n) is 20.0. The summed E-state index contributed by atoms with van der Waals surface area (Å²) in [7, 11) is 7.63. The number of methoxy groups -OCH3 is 2. The molecule has 0 N–H and O–H groups in total. The lowest BCUT2D eigenvalue weighted by molar-refractivity contribution is -0.874. The first kappa shape index (κ1) is 27.3. The number of carbonyl (C=O) groups excluding carboxylic acids is 3. The number of esters is 3. The van der Waals surface area contributed by atoms with Gasteiger partial charge in [-0.2, -0.15) is 0 Å². The Kier molecular flexibility index (Phi) is 8.71. The van der Waals surface area contributed by atoms with Gasteiger partial charge in [0.2, 0.25) is 0 Å². The number of nitrogens with zero attached hydrogens (tertiary/aromatic N) is 1. The highest BCUT2D eigenvalue weighted by Gasteiger charge is 2.55. The molecule has 32 heavy (non-hydrogen) atoms. The van der Waals surface area contributed by atoms with Gasteiger partial charge in [0.05, 0.1) is 47.5 Å². The van der Waals surface area contributed by atoms with Crippen LogP contribution < -0.4 is 0 Å².